The second kappa shape index (κ2) is 2.33. The van der Waals surface area contributed by atoms with Gasteiger partial charge in [0.05, 0.1) is 6.61 Å². The number of epoxide rings is 1. The maximum Gasteiger partial charge on any atom is 0.106 e. The number of hydrogen-bond acceptors (Lipinski definition) is 1. The lowest BCUT2D eigenvalue weighted by molar-refractivity contribution is 0.414. The quantitative estimate of drug-likeness (QED) is 0.574. The van der Waals surface area contributed by atoms with E-state index in [0.29, 0.717) is 6.10 Å². The van der Waals surface area contributed by atoms with Crippen molar-refractivity contribution in [3.8, 4) is 0 Å². The van der Waals surface area contributed by atoms with Crippen molar-refractivity contribution in [2.45, 2.75) is 25.4 Å². The van der Waals surface area contributed by atoms with Gasteiger partial charge in [-0.2, -0.15) is 0 Å². The van der Waals surface area contributed by atoms with Crippen molar-refractivity contribution in [2.24, 2.45) is 0 Å². The first kappa shape index (κ1) is 6.67. The van der Waals surface area contributed by atoms with E-state index in [9.17, 15) is 0 Å². The molecule has 0 N–H and O–H groups in total. The molecule has 1 fully saturated rings. The lowest BCUT2D eigenvalue weighted by atomic mass is 10.0. The number of rotatable bonds is 1. The van der Waals surface area contributed by atoms with Crippen LogP contribution in [-0.2, 0) is 17.6 Å². The van der Waals surface area contributed by atoms with Gasteiger partial charge < -0.3 is 4.74 Å². The highest BCUT2D eigenvalue weighted by atomic mass is 16.6. The smallest absolute Gasteiger partial charge is 0.106 e. The Kier molecular flexibility index (Phi) is 1.30. The lowest BCUT2D eigenvalue weighted by Gasteiger charge is -2.04. The summed E-state index contributed by atoms with van der Waals surface area (Å²) in [5.74, 6) is 0. The highest BCUT2D eigenvalue weighted by Crippen LogP contribution is 2.36. The van der Waals surface area contributed by atoms with Gasteiger partial charge in [0.1, 0.15) is 6.10 Å². The molecule has 0 aromatic heterocycles. The van der Waals surface area contributed by atoms with Crippen LogP contribution in [0.15, 0.2) is 18.2 Å². The van der Waals surface area contributed by atoms with Gasteiger partial charge in [-0.25, -0.2) is 0 Å². The Morgan fingerprint density at radius 1 is 1.25 bits per heavy atom. The Hall–Kier alpha value is -0.820. The molecule has 1 unspecified atom stereocenters. The van der Waals surface area contributed by atoms with Crippen LogP contribution in [0.25, 0.3) is 0 Å². The first-order valence-electron chi connectivity index (χ1n) is 4.67. The van der Waals surface area contributed by atoms with Gasteiger partial charge in [-0.3, -0.25) is 0 Å². The topological polar surface area (TPSA) is 12.5 Å². The second-order valence-electron chi connectivity index (χ2n) is 3.66. The summed E-state index contributed by atoms with van der Waals surface area (Å²) in [6, 6.07) is 6.65. The van der Waals surface area contributed by atoms with Crippen molar-refractivity contribution < 1.29 is 4.74 Å². The lowest BCUT2D eigenvalue weighted by Crippen LogP contribution is -1.90. The number of ether oxygens (including phenoxy) is 1. The van der Waals surface area contributed by atoms with Gasteiger partial charge in [0.2, 0.25) is 0 Å². The highest BCUT2D eigenvalue weighted by Gasteiger charge is 2.29. The van der Waals surface area contributed by atoms with E-state index in [1.165, 1.54) is 24.8 Å². The summed E-state index contributed by atoms with van der Waals surface area (Å²) in [6.45, 7) is 0.941. The predicted octanol–water partition coefficient (Wildman–Crippen LogP) is 2.25. The van der Waals surface area contributed by atoms with Crippen molar-refractivity contribution in [2.75, 3.05) is 6.61 Å². The molecule has 0 bridgehead atoms. The SMILES string of the molecule is c1cc2c(c(C3CO3)c1)CCC2. The van der Waals surface area contributed by atoms with E-state index in [1.54, 1.807) is 11.1 Å². The Bertz CT molecular complexity index is 313. The molecule has 1 saturated heterocycles. The summed E-state index contributed by atoms with van der Waals surface area (Å²) in [4.78, 5) is 0. The fourth-order valence-corrected chi connectivity index (χ4v) is 2.18. The summed E-state index contributed by atoms with van der Waals surface area (Å²) in [6.07, 6.45) is 4.32. The minimum absolute atomic E-state index is 0.443. The molecule has 0 amide bonds. The maximum absolute atomic E-state index is 5.32. The molecule has 12 heavy (non-hydrogen) atoms. The zero-order chi connectivity index (χ0) is 7.97. The van der Waals surface area contributed by atoms with Gasteiger partial charge in [-0.1, -0.05) is 18.2 Å². The van der Waals surface area contributed by atoms with Crippen molar-refractivity contribution in [1.29, 1.82) is 0 Å². The Balaban J connectivity index is 2.12. The molecular formula is C11H12O. The minimum Gasteiger partial charge on any atom is -0.368 e. The monoisotopic (exact) mass is 160 g/mol. The molecule has 1 atom stereocenters. The molecule has 1 heterocycles. The Morgan fingerprint density at radius 3 is 3.00 bits per heavy atom. The van der Waals surface area contributed by atoms with E-state index < -0.39 is 0 Å². The largest absolute Gasteiger partial charge is 0.368 e. The summed E-state index contributed by atoms with van der Waals surface area (Å²) in [7, 11) is 0. The molecule has 2 aliphatic rings. The maximum atomic E-state index is 5.32. The zero-order valence-electron chi connectivity index (χ0n) is 7.05. The molecule has 1 aliphatic heterocycles. The molecule has 1 nitrogen and oxygen atoms in total. The van der Waals surface area contributed by atoms with Crippen LogP contribution in [0.2, 0.25) is 0 Å². The van der Waals surface area contributed by atoms with E-state index in [2.05, 4.69) is 18.2 Å². The highest BCUT2D eigenvalue weighted by molar-refractivity contribution is 5.40. The number of benzene rings is 1. The molecule has 1 aromatic rings. The van der Waals surface area contributed by atoms with Crippen LogP contribution >= 0.6 is 0 Å². The molecule has 1 aromatic carbocycles. The fraction of sp³-hybridized carbons (Fsp3) is 0.455. The van der Waals surface area contributed by atoms with Crippen LogP contribution in [-0.4, -0.2) is 6.61 Å². The van der Waals surface area contributed by atoms with Crippen LogP contribution in [0.1, 0.15) is 29.2 Å². The van der Waals surface area contributed by atoms with Crippen molar-refractivity contribution >= 4 is 0 Å². The molecular weight excluding hydrogens is 148 g/mol. The number of hydrogen-bond donors (Lipinski definition) is 0. The summed E-state index contributed by atoms with van der Waals surface area (Å²) >= 11 is 0. The van der Waals surface area contributed by atoms with Gasteiger partial charge in [0, 0.05) is 0 Å². The first-order chi connectivity index (χ1) is 5.95. The zero-order valence-corrected chi connectivity index (χ0v) is 7.05. The van der Waals surface area contributed by atoms with E-state index in [-0.39, 0.29) is 0 Å². The Labute approximate surface area is 72.4 Å². The van der Waals surface area contributed by atoms with Crippen LogP contribution in [0.4, 0.5) is 0 Å². The predicted molar refractivity (Wildman–Crippen MR) is 47.2 cm³/mol. The van der Waals surface area contributed by atoms with Gasteiger partial charge in [0.25, 0.3) is 0 Å². The van der Waals surface area contributed by atoms with Crippen LogP contribution < -0.4 is 0 Å². The van der Waals surface area contributed by atoms with Crippen molar-refractivity contribution in [3.63, 3.8) is 0 Å². The number of aryl methyl sites for hydroxylation is 1. The second-order valence-corrected chi connectivity index (χ2v) is 3.66. The summed E-state index contributed by atoms with van der Waals surface area (Å²) < 4.78 is 5.32. The van der Waals surface area contributed by atoms with Gasteiger partial charge in [-0.15, -0.1) is 0 Å². The average Bonchev–Trinajstić information content (AvgIpc) is 2.82. The first-order valence-corrected chi connectivity index (χ1v) is 4.67. The third-order valence-corrected chi connectivity index (χ3v) is 2.86. The van der Waals surface area contributed by atoms with Crippen LogP contribution in [0.5, 0.6) is 0 Å². The third kappa shape index (κ3) is 0.896. The fourth-order valence-electron chi connectivity index (χ4n) is 2.18. The molecule has 0 radical (unpaired) electrons. The van der Waals surface area contributed by atoms with Crippen molar-refractivity contribution in [3.05, 3.63) is 34.9 Å². The minimum atomic E-state index is 0.443. The summed E-state index contributed by atoms with van der Waals surface area (Å²) in [5, 5.41) is 0. The van der Waals surface area contributed by atoms with E-state index in [1.807, 2.05) is 0 Å². The normalized spacial score (nSPS) is 25.5. The Morgan fingerprint density at radius 2 is 2.17 bits per heavy atom. The third-order valence-electron chi connectivity index (χ3n) is 2.86. The number of fused-ring (bicyclic) bond motifs is 1. The molecule has 3 rings (SSSR count). The van der Waals surface area contributed by atoms with Gasteiger partial charge >= 0.3 is 0 Å². The molecule has 0 saturated carbocycles. The molecule has 1 aliphatic carbocycles. The van der Waals surface area contributed by atoms with E-state index in [0.717, 1.165) is 6.61 Å². The van der Waals surface area contributed by atoms with Gasteiger partial charge in [0.15, 0.2) is 0 Å². The van der Waals surface area contributed by atoms with Crippen molar-refractivity contribution in [1.82, 2.24) is 0 Å². The summed E-state index contributed by atoms with van der Waals surface area (Å²) in [5.41, 5.74) is 4.60. The van der Waals surface area contributed by atoms with Crippen LogP contribution in [0.3, 0.4) is 0 Å². The molecule has 62 valence electrons. The standard InChI is InChI=1S/C11H12O/c1-3-8-4-2-6-10(9(8)5-1)11-7-12-11/h2,4,6,11H,1,3,5,7H2. The van der Waals surface area contributed by atoms with E-state index >= 15 is 0 Å². The molecule has 0 spiro atoms. The molecule has 1 heteroatoms. The van der Waals surface area contributed by atoms with Crippen LogP contribution in [0, 0.1) is 0 Å². The average molecular weight is 160 g/mol. The van der Waals surface area contributed by atoms with Gasteiger partial charge in [-0.05, 0) is 36.0 Å². The van der Waals surface area contributed by atoms with E-state index in [4.69, 9.17) is 4.74 Å².